The molecule has 0 unspecified atom stereocenters. The Balaban J connectivity index is 1.40. The molecule has 2 aromatic heterocycles. The molecule has 4 aromatic rings. The highest BCUT2D eigenvalue weighted by atomic mass is 16.5. The van der Waals surface area contributed by atoms with Crippen molar-refractivity contribution in [1.29, 1.82) is 0 Å². The Kier molecular flexibility index (Phi) is 6.25. The van der Waals surface area contributed by atoms with Crippen LogP contribution in [0.15, 0.2) is 79.1 Å². The fourth-order valence-electron chi connectivity index (χ4n) is 4.18. The van der Waals surface area contributed by atoms with Gasteiger partial charge in [0, 0.05) is 37.6 Å². The van der Waals surface area contributed by atoms with Crippen molar-refractivity contribution in [2.45, 2.75) is 19.4 Å². The van der Waals surface area contributed by atoms with Gasteiger partial charge < -0.3 is 15.0 Å². The highest BCUT2D eigenvalue weighted by Gasteiger charge is 2.19. The number of carbonyl (C=O) groups is 1. The maximum atomic E-state index is 13.3. The summed E-state index contributed by atoms with van der Waals surface area (Å²) >= 11 is 0. The largest absolute Gasteiger partial charge is 0.497 e. The predicted molar refractivity (Wildman–Crippen MR) is 132 cm³/mol. The lowest BCUT2D eigenvalue weighted by Gasteiger charge is -2.17. The molecule has 0 atom stereocenters. The molecule has 5 rings (SSSR count). The molecule has 2 aromatic carbocycles. The van der Waals surface area contributed by atoms with Gasteiger partial charge in [0.2, 0.25) is 0 Å². The van der Waals surface area contributed by atoms with Crippen LogP contribution in [0.4, 0.5) is 5.82 Å². The molecule has 7 nitrogen and oxygen atoms in total. The van der Waals surface area contributed by atoms with Crippen LogP contribution in [0.25, 0.3) is 16.9 Å². The minimum Gasteiger partial charge on any atom is -0.497 e. The number of ether oxygens (including phenoxy) is 1. The van der Waals surface area contributed by atoms with Crippen molar-refractivity contribution in [3.05, 3.63) is 90.3 Å². The van der Waals surface area contributed by atoms with Crippen LogP contribution in [0.2, 0.25) is 0 Å². The van der Waals surface area contributed by atoms with Crippen LogP contribution >= 0.6 is 0 Å². The Morgan fingerprint density at radius 2 is 1.79 bits per heavy atom. The van der Waals surface area contributed by atoms with E-state index in [1.54, 1.807) is 18.0 Å². The third kappa shape index (κ3) is 4.64. The molecule has 7 heteroatoms. The zero-order valence-corrected chi connectivity index (χ0v) is 19.1. The second-order valence-corrected chi connectivity index (χ2v) is 8.30. The van der Waals surface area contributed by atoms with Crippen LogP contribution in [-0.2, 0) is 6.54 Å². The topological polar surface area (TPSA) is 72.3 Å². The number of anilines is 1. The van der Waals surface area contributed by atoms with E-state index in [0.29, 0.717) is 17.8 Å². The normalized spacial score (nSPS) is 13.1. The zero-order chi connectivity index (χ0) is 23.3. The number of pyridine rings is 1. The predicted octanol–water partition coefficient (Wildman–Crippen LogP) is 4.47. The van der Waals surface area contributed by atoms with Crippen molar-refractivity contribution in [2.75, 3.05) is 25.1 Å². The summed E-state index contributed by atoms with van der Waals surface area (Å²) < 4.78 is 7.02. The van der Waals surface area contributed by atoms with Crippen LogP contribution in [0.3, 0.4) is 0 Å². The van der Waals surface area contributed by atoms with Crippen LogP contribution in [0, 0.1) is 0 Å². The molecule has 0 radical (unpaired) electrons. The van der Waals surface area contributed by atoms with E-state index < -0.39 is 0 Å². The molecule has 0 saturated carbocycles. The monoisotopic (exact) mass is 453 g/mol. The Hall–Kier alpha value is -4.13. The number of hydrogen-bond acceptors (Lipinski definition) is 5. The highest BCUT2D eigenvalue weighted by molar-refractivity contribution is 6.00. The molecule has 0 aliphatic carbocycles. The number of amides is 1. The number of methoxy groups -OCH3 is 1. The average molecular weight is 454 g/mol. The summed E-state index contributed by atoms with van der Waals surface area (Å²) in [6.07, 6.45) is 5.99. The summed E-state index contributed by atoms with van der Waals surface area (Å²) in [6, 6.07) is 21.3. The molecule has 172 valence electrons. The third-order valence-corrected chi connectivity index (χ3v) is 6.04. The summed E-state index contributed by atoms with van der Waals surface area (Å²) in [5.41, 5.74) is 3.90. The molecular formula is C27H27N5O2. The number of hydrogen-bond donors (Lipinski definition) is 1. The Morgan fingerprint density at radius 3 is 2.53 bits per heavy atom. The average Bonchev–Trinajstić information content (AvgIpc) is 3.59. The van der Waals surface area contributed by atoms with Gasteiger partial charge in [-0.05, 0) is 66.9 Å². The molecule has 1 N–H and O–H groups in total. The van der Waals surface area contributed by atoms with Crippen molar-refractivity contribution in [1.82, 2.24) is 20.1 Å². The van der Waals surface area contributed by atoms with E-state index in [2.05, 4.69) is 21.3 Å². The molecule has 0 spiro atoms. The van der Waals surface area contributed by atoms with E-state index in [9.17, 15) is 4.79 Å². The molecule has 1 aliphatic rings. The number of benzene rings is 2. The first kappa shape index (κ1) is 21.7. The van der Waals surface area contributed by atoms with E-state index in [4.69, 9.17) is 9.84 Å². The van der Waals surface area contributed by atoms with Gasteiger partial charge in [0.1, 0.15) is 17.3 Å². The van der Waals surface area contributed by atoms with Gasteiger partial charge in [-0.15, -0.1) is 0 Å². The first-order valence-corrected chi connectivity index (χ1v) is 11.5. The molecule has 1 saturated heterocycles. The quantitative estimate of drug-likeness (QED) is 0.447. The van der Waals surface area contributed by atoms with Crippen LogP contribution < -0.4 is 15.0 Å². The van der Waals surface area contributed by atoms with Gasteiger partial charge in [-0.1, -0.05) is 18.2 Å². The van der Waals surface area contributed by atoms with E-state index in [0.717, 1.165) is 41.5 Å². The molecule has 3 heterocycles. The van der Waals surface area contributed by atoms with E-state index in [1.165, 1.54) is 12.8 Å². The van der Waals surface area contributed by atoms with Crippen LogP contribution in [0.5, 0.6) is 5.75 Å². The molecule has 1 amide bonds. The number of nitrogens with one attached hydrogen (secondary N) is 1. The molecule has 34 heavy (non-hydrogen) atoms. The second kappa shape index (κ2) is 9.79. The number of nitrogens with zero attached hydrogens (tertiary/aromatic N) is 4. The zero-order valence-electron chi connectivity index (χ0n) is 19.1. The first-order chi connectivity index (χ1) is 16.7. The van der Waals surface area contributed by atoms with Gasteiger partial charge in [-0.25, -0.2) is 9.67 Å². The smallest absolute Gasteiger partial charge is 0.255 e. The summed E-state index contributed by atoms with van der Waals surface area (Å²) in [6.45, 7) is 2.49. The van der Waals surface area contributed by atoms with Crippen molar-refractivity contribution < 1.29 is 9.53 Å². The summed E-state index contributed by atoms with van der Waals surface area (Å²) in [5.74, 6) is 1.55. The maximum absolute atomic E-state index is 13.3. The van der Waals surface area contributed by atoms with Gasteiger partial charge in [0.25, 0.3) is 5.91 Å². The van der Waals surface area contributed by atoms with Gasteiger partial charge in [-0.3, -0.25) is 4.79 Å². The molecular weight excluding hydrogens is 426 g/mol. The van der Waals surface area contributed by atoms with Crippen molar-refractivity contribution in [2.24, 2.45) is 0 Å². The number of aromatic nitrogens is 3. The first-order valence-electron chi connectivity index (χ1n) is 11.5. The van der Waals surface area contributed by atoms with Crippen molar-refractivity contribution in [3.8, 4) is 22.7 Å². The van der Waals surface area contributed by atoms with E-state index in [1.807, 2.05) is 66.9 Å². The fourth-order valence-corrected chi connectivity index (χ4v) is 4.18. The summed E-state index contributed by atoms with van der Waals surface area (Å²) in [5, 5.41) is 7.81. The standard InChI is InChI=1S/C27H27N5O2/c1-34-23-11-9-21(10-12-23)26-24(19-32(30-26)22-7-3-2-4-8-22)27(33)29-18-20-13-14-28-25(17-20)31-15-5-6-16-31/h2-4,7-14,17,19H,5-6,15-16,18H2,1H3,(H,29,33). The van der Waals surface area contributed by atoms with Crippen LogP contribution in [-0.4, -0.2) is 40.9 Å². The minimum atomic E-state index is -0.174. The molecule has 0 bridgehead atoms. The minimum absolute atomic E-state index is 0.174. The summed E-state index contributed by atoms with van der Waals surface area (Å²) in [4.78, 5) is 20.1. The van der Waals surface area contributed by atoms with Gasteiger partial charge in [0.15, 0.2) is 0 Å². The van der Waals surface area contributed by atoms with E-state index >= 15 is 0 Å². The molecule has 1 aliphatic heterocycles. The SMILES string of the molecule is COc1ccc(-c2nn(-c3ccccc3)cc2C(=O)NCc2ccnc(N3CCCC3)c2)cc1. The Morgan fingerprint density at radius 1 is 1.03 bits per heavy atom. The van der Waals surface area contributed by atoms with Crippen molar-refractivity contribution in [3.63, 3.8) is 0 Å². The maximum Gasteiger partial charge on any atom is 0.255 e. The lowest BCUT2D eigenvalue weighted by atomic mass is 10.1. The van der Waals surface area contributed by atoms with Gasteiger partial charge in [-0.2, -0.15) is 5.10 Å². The second-order valence-electron chi connectivity index (χ2n) is 8.30. The highest BCUT2D eigenvalue weighted by Crippen LogP contribution is 2.26. The summed E-state index contributed by atoms with van der Waals surface area (Å²) in [7, 11) is 1.63. The number of rotatable bonds is 7. The lowest BCUT2D eigenvalue weighted by Crippen LogP contribution is -2.24. The fraction of sp³-hybridized carbons (Fsp3) is 0.222. The van der Waals surface area contributed by atoms with Crippen molar-refractivity contribution >= 4 is 11.7 Å². The Bertz CT molecular complexity index is 1260. The van der Waals surface area contributed by atoms with Gasteiger partial charge in [0.05, 0.1) is 18.4 Å². The Labute approximate surface area is 199 Å². The third-order valence-electron chi connectivity index (χ3n) is 6.04. The number of carbonyl (C=O) groups excluding carboxylic acids is 1. The van der Waals surface area contributed by atoms with Gasteiger partial charge >= 0.3 is 0 Å². The lowest BCUT2D eigenvalue weighted by molar-refractivity contribution is 0.0951. The number of para-hydroxylation sites is 1. The van der Waals surface area contributed by atoms with Crippen LogP contribution in [0.1, 0.15) is 28.8 Å². The van der Waals surface area contributed by atoms with E-state index in [-0.39, 0.29) is 5.91 Å². The molecule has 1 fully saturated rings.